The molecule has 0 radical (unpaired) electrons. The fourth-order valence-corrected chi connectivity index (χ4v) is 6.44. The summed E-state index contributed by atoms with van der Waals surface area (Å²) in [5, 5.41) is 31.1. The van der Waals surface area contributed by atoms with Crippen molar-refractivity contribution in [1.29, 1.82) is 0 Å². The summed E-state index contributed by atoms with van der Waals surface area (Å²) in [7, 11) is -4.83. The maximum absolute atomic E-state index is 12.7. The number of phosphoric acid groups is 1. The Hall–Kier alpha value is -1.66. The van der Waals surface area contributed by atoms with Gasteiger partial charge in [0.1, 0.15) is 12.4 Å². The zero-order chi connectivity index (χ0) is 36.7. The van der Waals surface area contributed by atoms with Crippen molar-refractivity contribution < 1.29 is 58.1 Å². The van der Waals surface area contributed by atoms with Gasteiger partial charge in [0.05, 0.1) is 24.9 Å². The lowest BCUT2D eigenvalue weighted by Gasteiger charge is -2.20. The highest BCUT2D eigenvalue weighted by Gasteiger charge is 2.41. The number of carbonyl (C=O) groups excluding carboxylic acids is 3. The van der Waals surface area contributed by atoms with Crippen LogP contribution in [0.5, 0.6) is 0 Å². The van der Waals surface area contributed by atoms with Crippen molar-refractivity contribution in [3.05, 3.63) is 12.2 Å². The van der Waals surface area contributed by atoms with Gasteiger partial charge in [0.25, 0.3) is 0 Å². The summed E-state index contributed by atoms with van der Waals surface area (Å²) in [6.45, 7) is 5.46. The smallest absolute Gasteiger partial charge is 0.462 e. The minimum atomic E-state index is -4.83. The van der Waals surface area contributed by atoms with E-state index in [1.165, 1.54) is 25.7 Å². The van der Waals surface area contributed by atoms with Gasteiger partial charge in [0.2, 0.25) is 0 Å². The lowest BCUT2D eigenvalue weighted by Crippen LogP contribution is -2.29. The topological polar surface area (TPSA) is 197 Å². The van der Waals surface area contributed by atoms with E-state index in [1.807, 2.05) is 0 Å². The quantitative estimate of drug-likeness (QED) is 0.0258. The third-order valence-corrected chi connectivity index (χ3v) is 9.43. The van der Waals surface area contributed by atoms with Crippen molar-refractivity contribution in [3.8, 4) is 0 Å². The number of ether oxygens (including phenoxy) is 2. The predicted molar refractivity (Wildman–Crippen MR) is 186 cm³/mol. The second-order valence-corrected chi connectivity index (χ2v) is 15.2. The zero-order valence-electron chi connectivity index (χ0n) is 30.1. The third-order valence-electron chi connectivity index (χ3n) is 8.94. The highest BCUT2D eigenvalue weighted by molar-refractivity contribution is 7.46. The molecule has 0 saturated heterocycles. The summed E-state index contributed by atoms with van der Waals surface area (Å²) in [5.74, 6) is -1.44. The SMILES string of the molecule is CCCCC[C@H](O)/C=C/[C@@H]1[C@@H](CC(=O)CCCCC(=O)OC[C@H](COP(=O)(O)O)OC(=O)CCCCCCCCCC(C)C)[C@@H](O)C[C@H]1O. The molecule has 0 aromatic rings. The van der Waals surface area contributed by atoms with E-state index in [0.29, 0.717) is 25.7 Å². The molecule has 13 heteroatoms. The molecule has 0 aromatic heterocycles. The van der Waals surface area contributed by atoms with E-state index in [4.69, 9.17) is 19.3 Å². The van der Waals surface area contributed by atoms with E-state index in [0.717, 1.165) is 44.4 Å². The Kier molecular flexibility index (Phi) is 24.2. The number of phosphoric ester groups is 1. The number of ketones is 1. The number of aliphatic hydroxyl groups excluding tert-OH is 3. The van der Waals surface area contributed by atoms with Crippen LogP contribution < -0.4 is 0 Å². The molecule has 0 amide bonds. The van der Waals surface area contributed by atoms with Gasteiger partial charge in [-0.1, -0.05) is 97.1 Å². The highest BCUT2D eigenvalue weighted by atomic mass is 31.2. The largest absolute Gasteiger partial charge is 0.469 e. The van der Waals surface area contributed by atoms with Crippen LogP contribution in [0, 0.1) is 17.8 Å². The fourth-order valence-electron chi connectivity index (χ4n) is 6.08. The molecule has 5 N–H and O–H groups in total. The summed E-state index contributed by atoms with van der Waals surface area (Å²) >= 11 is 0. The Bertz CT molecular complexity index is 997. The number of hydrogen-bond acceptors (Lipinski definition) is 10. The molecule has 1 aliphatic rings. The number of unbranched alkanes of at least 4 members (excludes halogenated alkanes) is 9. The first-order valence-electron chi connectivity index (χ1n) is 18.5. The number of Topliss-reactive ketones (excluding diaryl/α,β-unsaturated/α-hetero) is 1. The lowest BCUT2D eigenvalue weighted by atomic mass is 9.87. The number of carbonyl (C=O) groups is 3. The van der Waals surface area contributed by atoms with Crippen LogP contribution in [0.1, 0.15) is 143 Å². The van der Waals surface area contributed by atoms with Gasteiger partial charge in [-0.2, -0.15) is 0 Å². The molecular formula is C36H65O12P. The van der Waals surface area contributed by atoms with Crippen molar-refractivity contribution in [2.45, 2.75) is 167 Å². The van der Waals surface area contributed by atoms with E-state index < -0.39 is 69.2 Å². The summed E-state index contributed by atoms with van der Waals surface area (Å²) in [4.78, 5) is 55.5. The molecule has 1 aliphatic carbocycles. The molecule has 1 rings (SSSR count). The molecule has 12 nitrogen and oxygen atoms in total. The third kappa shape index (κ3) is 23.4. The monoisotopic (exact) mass is 720 g/mol. The van der Waals surface area contributed by atoms with E-state index in [2.05, 4.69) is 25.3 Å². The maximum atomic E-state index is 12.7. The van der Waals surface area contributed by atoms with E-state index in [9.17, 15) is 34.3 Å². The molecular weight excluding hydrogens is 655 g/mol. The van der Waals surface area contributed by atoms with Crippen LogP contribution >= 0.6 is 7.82 Å². The van der Waals surface area contributed by atoms with E-state index in [1.54, 1.807) is 12.2 Å². The number of aliphatic hydroxyl groups is 3. The van der Waals surface area contributed by atoms with Crippen LogP contribution in [0.4, 0.5) is 0 Å². The van der Waals surface area contributed by atoms with Crippen LogP contribution in [0.15, 0.2) is 12.2 Å². The molecule has 0 spiro atoms. The molecule has 1 fully saturated rings. The summed E-state index contributed by atoms with van der Waals surface area (Å²) < 4.78 is 26.1. The average Bonchev–Trinajstić information content (AvgIpc) is 3.29. The summed E-state index contributed by atoms with van der Waals surface area (Å²) in [6.07, 6.45) is 13.2. The zero-order valence-corrected chi connectivity index (χ0v) is 31.0. The fraction of sp³-hybridized carbons (Fsp3) is 0.861. The number of esters is 2. The second kappa shape index (κ2) is 26.2. The van der Waals surface area contributed by atoms with E-state index in [-0.39, 0.29) is 37.9 Å². The van der Waals surface area contributed by atoms with Crippen molar-refractivity contribution >= 4 is 25.5 Å². The van der Waals surface area contributed by atoms with Gasteiger partial charge in [-0.15, -0.1) is 0 Å². The Balaban J connectivity index is 2.39. The molecule has 6 atom stereocenters. The minimum absolute atomic E-state index is 0.0170. The van der Waals surface area contributed by atoms with Gasteiger partial charge in [0, 0.05) is 43.9 Å². The molecule has 0 bridgehead atoms. The molecule has 1 saturated carbocycles. The predicted octanol–water partition coefficient (Wildman–Crippen LogP) is 6.09. The van der Waals surface area contributed by atoms with Crippen LogP contribution in [0.3, 0.4) is 0 Å². The van der Waals surface area contributed by atoms with Crippen molar-refractivity contribution in [1.82, 2.24) is 0 Å². The van der Waals surface area contributed by atoms with Gasteiger partial charge in [-0.3, -0.25) is 18.9 Å². The normalized spacial score (nSPS) is 20.9. The van der Waals surface area contributed by atoms with Gasteiger partial charge in [-0.05, 0) is 31.6 Å². The Morgan fingerprint density at radius 3 is 2.04 bits per heavy atom. The first-order valence-corrected chi connectivity index (χ1v) is 20.0. The minimum Gasteiger partial charge on any atom is -0.462 e. The van der Waals surface area contributed by atoms with Crippen molar-refractivity contribution in [2.24, 2.45) is 17.8 Å². The Labute approximate surface area is 293 Å². The van der Waals surface area contributed by atoms with Crippen LogP contribution in [0.2, 0.25) is 0 Å². The molecule has 49 heavy (non-hydrogen) atoms. The molecule has 0 aromatic carbocycles. The number of rotatable bonds is 29. The van der Waals surface area contributed by atoms with Gasteiger partial charge in [0.15, 0.2) is 6.10 Å². The average molecular weight is 721 g/mol. The molecule has 0 aliphatic heterocycles. The Morgan fingerprint density at radius 1 is 0.796 bits per heavy atom. The summed E-state index contributed by atoms with van der Waals surface area (Å²) in [6, 6.07) is 0. The van der Waals surface area contributed by atoms with Crippen molar-refractivity contribution in [3.63, 3.8) is 0 Å². The van der Waals surface area contributed by atoms with Crippen LogP contribution in [-0.2, 0) is 32.9 Å². The highest BCUT2D eigenvalue weighted by Crippen LogP contribution is 2.37. The molecule has 286 valence electrons. The van der Waals surface area contributed by atoms with Crippen molar-refractivity contribution in [2.75, 3.05) is 13.2 Å². The van der Waals surface area contributed by atoms with Gasteiger partial charge in [-0.25, -0.2) is 4.57 Å². The van der Waals surface area contributed by atoms with E-state index >= 15 is 0 Å². The van der Waals surface area contributed by atoms with Gasteiger partial charge < -0.3 is 34.6 Å². The number of hydrogen-bond donors (Lipinski definition) is 5. The van der Waals surface area contributed by atoms with Crippen LogP contribution in [0.25, 0.3) is 0 Å². The molecule has 0 unspecified atom stereocenters. The Morgan fingerprint density at radius 2 is 1.39 bits per heavy atom. The lowest BCUT2D eigenvalue weighted by molar-refractivity contribution is -0.161. The van der Waals surface area contributed by atoms with Gasteiger partial charge >= 0.3 is 19.8 Å². The second-order valence-electron chi connectivity index (χ2n) is 14.0. The molecule has 0 heterocycles. The first-order chi connectivity index (χ1) is 23.2. The van der Waals surface area contributed by atoms with Crippen LogP contribution in [-0.4, -0.2) is 80.5 Å². The maximum Gasteiger partial charge on any atom is 0.469 e. The summed E-state index contributed by atoms with van der Waals surface area (Å²) in [5.41, 5.74) is 0. The first kappa shape index (κ1) is 45.4. The standard InChI is InChI=1S/C36H65O12P/c1-4-5-11-17-28(37)21-22-31-32(34(40)24-33(31)39)23-29(38)18-14-15-19-35(41)46-25-30(26-47-49(43,44)45)48-36(42)20-13-10-8-6-7-9-12-16-27(2)3/h21-22,27-28,30-34,37,39-40H,4-20,23-26H2,1-3H3,(H2,43,44,45)/b22-21+/t28-,30+,31+,32+,33+,34-/m0/s1.